The number of alkyl carbamates (subject to hydrolysis) is 1. The number of hydrogen-bond donors (Lipinski definition) is 2. The molecule has 0 saturated carbocycles. The molecule has 2 atom stereocenters. The minimum Gasteiger partial charge on any atom is -0.468 e. The van der Waals surface area contributed by atoms with Crippen LogP contribution in [0.5, 0.6) is 0 Å². The molecular weight excluding hydrogens is 328 g/mol. The van der Waals surface area contributed by atoms with Crippen molar-refractivity contribution in [3.05, 3.63) is 0 Å². The second kappa shape index (κ2) is 9.03. The van der Waals surface area contributed by atoms with E-state index in [1.54, 1.807) is 27.7 Å². The third kappa shape index (κ3) is 6.53. The maximum absolute atomic E-state index is 12.2. The molecule has 0 aromatic rings. The van der Waals surface area contributed by atoms with Crippen molar-refractivity contribution in [1.29, 1.82) is 0 Å². The fourth-order valence-corrected chi connectivity index (χ4v) is 2.82. The quantitative estimate of drug-likeness (QED) is 0.525. The Labute approximate surface area is 148 Å². The first kappa shape index (κ1) is 21.2. The highest BCUT2D eigenvalue weighted by Gasteiger charge is 2.43. The minimum absolute atomic E-state index is 0.200. The lowest BCUT2D eigenvalue weighted by molar-refractivity contribution is -0.150. The Kier molecular flexibility index (Phi) is 7.66. The number of rotatable bonds is 7. The molecule has 1 fully saturated rings. The van der Waals surface area contributed by atoms with Gasteiger partial charge in [-0.05, 0) is 59.9 Å². The summed E-state index contributed by atoms with van der Waals surface area (Å²) in [7, 11) is 1.34. The summed E-state index contributed by atoms with van der Waals surface area (Å²) in [5.41, 5.74) is -1.50. The van der Waals surface area contributed by atoms with Crippen LogP contribution in [0, 0.1) is 0 Å². The molecule has 8 heteroatoms. The molecule has 0 aliphatic carbocycles. The number of carbonyl (C=O) groups is 3. The van der Waals surface area contributed by atoms with E-state index in [4.69, 9.17) is 14.2 Å². The van der Waals surface area contributed by atoms with Crippen molar-refractivity contribution < 1.29 is 28.6 Å². The molecule has 0 spiro atoms. The van der Waals surface area contributed by atoms with Gasteiger partial charge in [-0.15, -0.1) is 0 Å². The van der Waals surface area contributed by atoms with Crippen molar-refractivity contribution in [2.45, 2.75) is 70.6 Å². The van der Waals surface area contributed by atoms with Gasteiger partial charge in [0.1, 0.15) is 17.2 Å². The van der Waals surface area contributed by atoms with Crippen LogP contribution in [-0.4, -0.2) is 55.5 Å². The van der Waals surface area contributed by atoms with Gasteiger partial charge in [0.05, 0.1) is 13.7 Å². The molecule has 0 aromatic carbocycles. The number of nitrogens with one attached hydrogen (secondary N) is 2. The Balaban J connectivity index is 2.77. The van der Waals surface area contributed by atoms with Gasteiger partial charge in [-0.2, -0.15) is 0 Å². The summed E-state index contributed by atoms with van der Waals surface area (Å²) in [6.45, 7) is 7.81. The van der Waals surface area contributed by atoms with E-state index in [2.05, 4.69) is 10.6 Å². The van der Waals surface area contributed by atoms with E-state index in [1.165, 1.54) is 7.11 Å². The van der Waals surface area contributed by atoms with E-state index >= 15 is 0 Å². The molecule has 25 heavy (non-hydrogen) atoms. The van der Waals surface area contributed by atoms with Crippen LogP contribution in [0.3, 0.4) is 0 Å². The first-order chi connectivity index (χ1) is 11.6. The third-order valence-corrected chi connectivity index (χ3v) is 3.94. The topological polar surface area (TPSA) is 103 Å². The number of ether oxygens (including phenoxy) is 3. The smallest absolute Gasteiger partial charge is 0.408 e. The average Bonchev–Trinajstić information content (AvgIpc) is 2.99. The molecule has 1 heterocycles. The molecule has 1 rings (SSSR count). The fraction of sp³-hybridized carbons (Fsp3) is 0.824. The van der Waals surface area contributed by atoms with Gasteiger partial charge in [0.25, 0.3) is 0 Å². The zero-order valence-electron chi connectivity index (χ0n) is 15.8. The molecule has 1 aliphatic rings. The van der Waals surface area contributed by atoms with E-state index in [1.807, 2.05) is 0 Å². The summed E-state index contributed by atoms with van der Waals surface area (Å²) in [5.74, 6) is -0.906. The lowest BCUT2D eigenvalue weighted by Crippen LogP contribution is -2.51. The summed E-state index contributed by atoms with van der Waals surface area (Å²) in [6.07, 6.45) is 1.36. The van der Waals surface area contributed by atoms with Crippen LogP contribution < -0.4 is 10.6 Å². The van der Waals surface area contributed by atoms with Crippen molar-refractivity contribution in [3.63, 3.8) is 0 Å². The predicted octanol–water partition coefficient (Wildman–Crippen LogP) is 1.52. The highest BCUT2D eigenvalue weighted by molar-refractivity contribution is 5.83. The molecule has 2 N–H and O–H groups in total. The van der Waals surface area contributed by atoms with Crippen molar-refractivity contribution in [2.24, 2.45) is 0 Å². The SMILES string of the molecule is CCOC(=O)C(CC[C@@]1(C(=O)OC)CCCN1)NC(=O)OC(C)(C)C. The van der Waals surface area contributed by atoms with Gasteiger partial charge in [-0.25, -0.2) is 9.59 Å². The molecule has 1 unspecified atom stereocenters. The van der Waals surface area contributed by atoms with E-state index < -0.39 is 29.2 Å². The Morgan fingerprint density at radius 1 is 1.28 bits per heavy atom. The zero-order chi connectivity index (χ0) is 19.1. The third-order valence-electron chi connectivity index (χ3n) is 3.94. The van der Waals surface area contributed by atoms with Crippen LogP contribution in [0.25, 0.3) is 0 Å². The monoisotopic (exact) mass is 358 g/mol. The van der Waals surface area contributed by atoms with Crippen LogP contribution in [0.1, 0.15) is 53.4 Å². The number of esters is 2. The summed E-state index contributed by atoms with van der Waals surface area (Å²) in [5, 5.41) is 5.71. The second-order valence-corrected chi connectivity index (χ2v) is 7.09. The fourth-order valence-electron chi connectivity index (χ4n) is 2.82. The Morgan fingerprint density at radius 3 is 2.44 bits per heavy atom. The predicted molar refractivity (Wildman–Crippen MR) is 91.0 cm³/mol. The zero-order valence-corrected chi connectivity index (χ0v) is 15.8. The van der Waals surface area contributed by atoms with E-state index in [0.29, 0.717) is 19.4 Å². The average molecular weight is 358 g/mol. The largest absolute Gasteiger partial charge is 0.468 e. The van der Waals surface area contributed by atoms with Gasteiger partial charge in [0.15, 0.2) is 0 Å². The molecule has 1 saturated heterocycles. The van der Waals surface area contributed by atoms with Crippen molar-refractivity contribution >= 4 is 18.0 Å². The van der Waals surface area contributed by atoms with Crippen molar-refractivity contribution in [3.8, 4) is 0 Å². The first-order valence-corrected chi connectivity index (χ1v) is 8.63. The molecule has 0 bridgehead atoms. The lowest BCUT2D eigenvalue weighted by atomic mass is 9.89. The van der Waals surface area contributed by atoms with Crippen LogP contribution in [0.2, 0.25) is 0 Å². The number of methoxy groups -OCH3 is 1. The highest BCUT2D eigenvalue weighted by Crippen LogP contribution is 2.27. The summed E-state index contributed by atoms with van der Waals surface area (Å²) in [4.78, 5) is 36.3. The maximum Gasteiger partial charge on any atom is 0.408 e. The molecule has 0 aromatic heterocycles. The molecule has 8 nitrogen and oxygen atoms in total. The van der Waals surface area contributed by atoms with Crippen LogP contribution in [-0.2, 0) is 23.8 Å². The van der Waals surface area contributed by atoms with E-state index in [0.717, 1.165) is 6.42 Å². The molecular formula is C17H30N2O6. The van der Waals surface area contributed by atoms with Gasteiger partial charge < -0.3 is 24.8 Å². The molecule has 1 aliphatic heterocycles. The lowest BCUT2D eigenvalue weighted by Gasteiger charge is -2.28. The minimum atomic E-state index is -0.890. The van der Waals surface area contributed by atoms with Gasteiger partial charge in [0, 0.05) is 0 Å². The van der Waals surface area contributed by atoms with Crippen LogP contribution >= 0.6 is 0 Å². The van der Waals surface area contributed by atoms with Crippen LogP contribution in [0.4, 0.5) is 4.79 Å². The Morgan fingerprint density at radius 2 is 1.96 bits per heavy atom. The van der Waals surface area contributed by atoms with Gasteiger partial charge >= 0.3 is 18.0 Å². The Bertz CT molecular complexity index is 480. The van der Waals surface area contributed by atoms with Gasteiger partial charge in [-0.3, -0.25) is 4.79 Å². The normalized spacial score (nSPS) is 21.3. The Hall–Kier alpha value is -1.83. The van der Waals surface area contributed by atoms with Gasteiger partial charge in [0.2, 0.25) is 0 Å². The second-order valence-electron chi connectivity index (χ2n) is 7.09. The van der Waals surface area contributed by atoms with Crippen molar-refractivity contribution in [1.82, 2.24) is 10.6 Å². The number of carbonyl (C=O) groups excluding carboxylic acids is 3. The highest BCUT2D eigenvalue weighted by atomic mass is 16.6. The van der Waals surface area contributed by atoms with E-state index in [9.17, 15) is 14.4 Å². The molecule has 0 radical (unpaired) electrons. The summed E-state index contributed by atoms with van der Waals surface area (Å²) in [6, 6.07) is -0.890. The van der Waals surface area contributed by atoms with Crippen LogP contribution in [0.15, 0.2) is 0 Å². The maximum atomic E-state index is 12.2. The summed E-state index contributed by atoms with van der Waals surface area (Å²) < 4.78 is 15.1. The standard InChI is InChI=1S/C17H30N2O6/c1-6-24-13(20)12(19-15(22)25-16(2,3)4)8-10-17(14(21)23-5)9-7-11-18-17/h12,18H,6-11H2,1-5H3,(H,19,22)/t12?,17-/m1/s1. The first-order valence-electron chi connectivity index (χ1n) is 8.63. The van der Waals surface area contributed by atoms with E-state index in [-0.39, 0.29) is 19.0 Å². The molecule has 1 amide bonds. The number of hydrogen-bond acceptors (Lipinski definition) is 7. The summed E-state index contributed by atoms with van der Waals surface area (Å²) >= 11 is 0. The van der Waals surface area contributed by atoms with Gasteiger partial charge in [-0.1, -0.05) is 0 Å². The molecule has 144 valence electrons. The number of amides is 1. The van der Waals surface area contributed by atoms with Crippen molar-refractivity contribution in [2.75, 3.05) is 20.3 Å².